The Kier molecular flexibility index (Phi) is 9.11. The van der Waals surface area contributed by atoms with Gasteiger partial charge in [-0.2, -0.15) is 0 Å². The second-order valence-electron chi connectivity index (χ2n) is 6.75. The molecule has 1 N–H and O–H groups in total. The van der Waals surface area contributed by atoms with E-state index in [-0.39, 0.29) is 36.8 Å². The zero-order valence-corrected chi connectivity index (χ0v) is 19.1. The fraction of sp³-hybridized carbons (Fsp3) is 0.273. The normalized spacial score (nSPS) is 15.6. The largest absolute Gasteiger partial charge is 0.496 e. The summed E-state index contributed by atoms with van der Waals surface area (Å²) < 4.78 is 5.52. The first-order valence-corrected chi connectivity index (χ1v) is 10.3. The molecule has 1 saturated heterocycles. The van der Waals surface area contributed by atoms with E-state index in [1.54, 1.807) is 18.4 Å². The number of rotatable bonds is 5. The van der Waals surface area contributed by atoms with Crippen LogP contribution in [0, 0.1) is 0 Å². The second-order valence-corrected chi connectivity index (χ2v) is 7.69. The Morgan fingerprint density at radius 1 is 1.17 bits per heavy atom. The van der Waals surface area contributed by atoms with Crippen molar-refractivity contribution >= 4 is 42.1 Å². The van der Waals surface area contributed by atoms with Crippen LogP contribution in [0.3, 0.4) is 0 Å². The average molecular weight is 466 g/mol. The molecule has 0 bridgehead atoms. The van der Waals surface area contributed by atoms with Gasteiger partial charge in [0.25, 0.3) is 5.91 Å². The van der Waals surface area contributed by atoms with Gasteiger partial charge in [0.2, 0.25) is 0 Å². The molecule has 30 heavy (non-hydrogen) atoms. The number of carbonyl (C=O) groups is 1. The number of halogens is 2. The van der Waals surface area contributed by atoms with Crippen molar-refractivity contribution < 1.29 is 9.53 Å². The molecular formula is C22H25Cl2N3O2S. The van der Waals surface area contributed by atoms with Crippen LogP contribution in [-0.2, 0) is 6.42 Å². The number of methoxy groups -OCH3 is 1. The molecule has 3 aromatic rings. The minimum absolute atomic E-state index is 0. The summed E-state index contributed by atoms with van der Waals surface area (Å²) >= 11 is 1.54. The Balaban J connectivity index is 0.00000160. The first-order chi connectivity index (χ1) is 13.8. The van der Waals surface area contributed by atoms with Gasteiger partial charge in [-0.3, -0.25) is 4.79 Å². The molecule has 1 amide bonds. The number of thiazole rings is 1. The second kappa shape index (κ2) is 11.3. The third-order valence-corrected chi connectivity index (χ3v) is 5.82. The molecule has 0 saturated carbocycles. The van der Waals surface area contributed by atoms with E-state index >= 15 is 0 Å². The fourth-order valence-corrected chi connectivity index (χ4v) is 4.38. The molecule has 8 heteroatoms. The Bertz CT molecular complexity index is 952. The van der Waals surface area contributed by atoms with Crippen LogP contribution in [0.2, 0.25) is 0 Å². The molecule has 5 nitrogen and oxygen atoms in total. The molecule has 1 unspecified atom stereocenters. The van der Waals surface area contributed by atoms with Gasteiger partial charge in [0.1, 0.15) is 11.4 Å². The number of carbonyl (C=O) groups excluding carboxylic acids is 1. The molecule has 0 spiro atoms. The standard InChI is InChI=1S/C22H23N3O2S.2ClH/c1-27-20-10-6-5-9-17(20)19-14-23-11-12-25(19)22(26)18-15-28-21(24-18)13-16-7-3-2-4-8-16;;/h2-10,15,19,23H,11-14H2,1H3;2*1H. The summed E-state index contributed by atoms with van der Waals surface area (Å²) in [6, 6.07) is 18.0. The van der Waals surface area contributed by atoms with Crippen LogP contribution >= 0.6 is 36.2 Å². The molecule has 4 rings (SSSR count). The lowest BCUT2D eigenvalue weighted by molar-refractivity contribution is 0.0626. The lowest BCUT2D eigenvalue weighted by Gasteiger charge is -2.36. The maximum Gasteiger partial charge on any atom is 0.273 e. The summed E-state index contributed by atoms with van der Waals surface area (Å²) in [6.07, 6.45) is 0.746. The van der Waals surface area contributed by atoms with Crippen molar-refractivity contribution in [3.8, 4) is 5.75 Å². The SMILES string of the molecule is COc1ccccc1C1CNCCN1C(=O)c1csc(Cc2ccccc2)n1.Cl.Cl. The predicted molar refractivity (Wildman–Crippen MR) is 125 cm³/mol. The van der Waals surface area contributed by atoms with Crippen molar-refractivity contribution in [2.45, 2.75) is 12.5 Å². The van der Waals surface area contributed by atoms with Gasteiger partial charge in [0.05, 0.1) is 18.2 Å². The van der Waals surface area contributed by atoms with Gasteiger partial charge in [-0.1, -0.05) is 48.5 Å². The van der Waals surface area contributed by atoms with Gasteiger partial charge in [-0.05, 0) is 11.6 Å². The van der Waals surface area contributed by atoms with Crippen molar-refractivity contribution in [2.75, 3.05) is 26.7 Å². The average Bonchev–Trinajstić information content (AvgIpc) is 3.22. The van der Waals surface area contributed by atoms with Crippen LogP contribution in [0.15, 0.2) is 60.0 Å². The predicted octanol–water partition coefficient (Wildman–Crippen LogP) is 4.37. The number of benzene rings is 2. The van der Waals surface area contributed by atoms with E-state index in [9.17, 15) is 4.79 Å². The number of hydrogen-bond donors (Lipinski definition) is 1. The van der Waals surface area contributed by atoms with Gasteiger partial charge < -0.3 is 15.0 Å². The summed E-state index contributed by atoms with van der Waals surface area (Å²) in [5.74, 6) is 0.782. The van der Waals surface area contributed by atoms with Crippen LogP contribution in [0.25, 0.3) is 0 Å². The van der Waals surface area contributed by atoms with Crippen LogP contribution in [0.5, 0.6) is 5.75 Å². The fourth-order valence-electron chi connectivity index (χ4n) is 3.57. The zero-order valence-electron chi connectivity index (χ0n) is 16.6. The molecule has 0 radical (unpaired) electrons. The van der Waals surface area contributed by atoms with E-state index in [0.29, 0.717) is 18.8 Å². The van der Waals surface area contributed by atoms with Gasteiger partial charge >= 0.3 is 0 Å². The van der Waals surface area contributed by atoms with E-state index in [2.05, 4.69) is 22.4 Å². The number of amides is 1. The number of para-hydroxylation sites is 1. The molecule has 2 heterocycles. The number of hydrogen-bond acceptors (Lipinski definition) is 5. The van der Waals surface area contributed by atoms with Crippen molar-refractivity contribution in [3.63, 3.8) is 0 Å². The quantitative estimate of drug-likeness (QED) is 0.607. The highest BCUT2D eigenvalue weighted by Gasteiger charge is 2.31. The van der Waals surface area contributed by atoms with Crippen LogP contribution < -0.4 is 10.1 Å². The third-order valence-electron chi connectivity index (χ3n) is 4.97. The summed E-state index contributed by atoms with van der Waals surface area (Å²) in [5, 5.41) is 6.23. The molecule has 1 aromatic heterocycles. The summed E-state index contributed by atoms with van der Waals surface area (Å²) in [4.78, 5) is 19.8. The Morgan fingerprint density at radius 3 is 2.67 bits per heavy atom. The Morgan fingerprint density at radius 2 is 1.90 bits per heavy atom. The topological polar surface area (TPSA) is 54.5 Å². The van der Waals surface area contributed by atoms with E-state index in [0.717, 1.165) is 29.3 Å². The van der Waals surface area contributed by atoms with Crippen molar-refractivity contribution in [1.82, 2.24) is 15.2 Å². The van der Waals surface area contributed by atoms with Gasteiger partial charge in [0, 0.05) is 37.0 Å². The summed E-state index contributed by atoms with van der Waals surface area (Å²) in [5.41, 5.74) is 2.74. The van der Waals surface area contributed by atoms with Crippen LogP contribution in [0.1, 0.15) is 32.7 Å². The highest BCUT2D eigenvalue weighted by atomic mass is 35.5. The van der Waals surface area contributed by atoms with E-state index < -0.39 is 0 Å². The monoisotopic (exact) mass is 465 g/mol. The number of aromatic nitrogens is 1. The molecule has 2 aromatic carbocycles. The van der Waals surface area contributed by atoms with Gasteiger partial charge in [-0.15, -0.1) is 36.2 Å². The summed E-state index contributed by atoms with van der Waals surface area (Å²) in [7, 11) is 1.66. The van der Waals surface area contributed by atoms with Gasteiger partial charge in [-0.25, -0.2) is 4.98 Å². The number of piperazine rings is 1. The minimum Gasteiger partial charge on any atom is -0.496 e. The minimum atomic E-state index is -0.0725. The van der Waals surface area contributed by atoms with Crippen molar-refractivity contribution in [2.24, 2.45) is 0 Å². The Hall–Kier alpha value is -2.12. The van der Waals surface area contributed by atoms with Crippen LogP contribution in [-0.4, -0.2) is 42.5 Å². The molecule has 0 aliphatic carbocycles. The van der Waals surface area contributed by atoms with Crippen molar-refractivity contribution in [1.29, 1.82) is 0 Å². The zero-order chi connectivity index (χ0) is 19.3. The maximum absolute atomic E-state index is 13.3. The smallest absolute Gasteiger partial charge is 0.273 e. The van der Waals surface area contributed by atoms with Crippen molar-refractivity contribution in [3.05, 3.63) is 81.8 Å². The summed E-state index contributed by atoms with van der Waals surface area (Å²) in [6.45, 7) is 2.12. The highest BCUT2D eigenvalue weighted by Crippen LogP contribution is 2.31. The maximum atomic E-state index is 13.3. The third kappa shape index (κ3) is 5.32. The molecule has 160 valence electrons. The number of ether oxygens (including phenoxy) is 1. The molecule has 1 fully saturated rings. The van der Waals surface area contributed by atoms with E-state index in [1.165, 1.54) is 5.56 Å². The highest BCUT2D eigenvalue weighted by molar-refractivity contribution is 7.09. The molecule has 1 aliphatic heterocycles. The lowest BCUT2D eigenvalue weighted by Crippen LogP contribution is -2.48. The molecule has 1 atom stereocenters. The lowest BCUT2D eigenvalue weighted by atomic mass is 10.0. The van der Waals surface area contributed by atoms with E-state index in [4.69, 9.17) is 4.74 Å². The number of nitrogens with one attached hydrogen (secondary N) is 1. The Labute approximate surface area is 193 Å². The van der Waals surface area contributed by atoms with E-state index in [1.807, 2.05) is 52.7 Å². The molecular weight excluding hydrogens is 441 g/mol. The first-order valence-electron chi connectivity index (χ1n) is 9.39. The van der Waals surface area contributed by atoms with Gasteiger partial charge in [0.15, 0.2) is 0 Å². The first kappa shape index (κ1) is 24.2. The molecule has 1 aliphatic rings. The number of nitrogens with zero attached hydrogens (tertiary/aromatic N) is 2. The van der Waals surface area contributed by atoms with Crippen LogP contribution in [0.4, 0.5) is 0 Å².